The highest BCUT2D eigenvalue weighted by Gasteiger charge is 2.08. The number of unbranched alkanes of at least 4 members (excludes halogenated alkanes) is 10. The van der Waals surface area contributed by atoms with E-state index < -0.39 is 16.2 Å². The predicted octanol–water partition coefficient (Wildman–Crippen LogP) is 4.72. The van der Waals surface area contributed by atoms with Crippen LogP contribution >= 0.6 is 0 Å². The summed E-state index contributed by atoms with van der Waals surface area (Å²) in [6.45, 7) is 2.24. The topological polar surface area (TPSA) is 74.6 Å². The molecule has 0 rings (SSSR count). The van der Waals surface area contributed by atoms with Gasteiger partial charge in [-0.2, -0.15) is 8.42 Å². The van der Waals surface area contributed by atoms with Crippen molar-refractivity contribution in [2.45, 2.75) is 103 Å². The van der Waals surface area contributed by atoms with Crippen LogP contribution in [0.4, 0.5) is 0 Å². The summed E-state index contributed by atoms with van der Waals surface area (Å²) in [4.78, 5) is 0. The monoisotopic (exact) mass is 336 g/mol. The molecule has 0 aromatic heterocycles. The van der Waals surface area contributed by atoms with Gasteiger partial charge in [-0.25, -0.2) is 0 Å². The van der Waals surface area contributed by atoms with E-state index in [4.69, 9.17) is 4.55 Å². The first kappa shape index (κ1) is 21.9. The summed E-state index contributed by atoms with van der Waals surface area (Å²) in [5.74, 6) is -0.248. The molecule has 0 aliphatic rings. The molecule has 22 heavy (non-hydrogen) atoms. The Hall–Kier alpha value is -0.130. The largest absolute Gasteiger partial charge is 0.393 e. The van der Waals surface area contributed by atoms with E-state index >= 15 is 0 Å². The molecule has 0 aliphatic heterocycles. The molecule has 0 spiro atoms. The lowest BCUT2D eigenvalue weighted by Crippen LogP contribution is -2.10. The van der Waals surface area contributed by atoms with Crippen LogP contribution in [0, 0.1) is 0 Å². The number of aliphatic hydroxyl groups excluding tert-OH is 1. The molecule has 0 amide bonds. The summed E-state index contributed by atoms with van der Waals surface area (Å²) >= 11 is 0. The van der Waals surface area contributed by atoms with Gasteiger partial charge >= 0.3 is 0 Å². The Morgan fingerprint density at radius 2 is 1.14 bits per heavy atom. The zero-order valence-electron chi connectivity index (χ0n) is 14.3. The smallest absolute Gasteiger partial charge is 0.264 e. The molecule has 0 saturated heterocycles. The summed E-state index contributed by atoms with van der Waals surface area (Å²) in [5.41, 5.74) is 0. The predicted molar refractivity (Wildman–Crippen MR) is 92.7 cm³/mol. The number of aliphatic hydroxyl groups is 1. The maximum absolute atomic E-state index is 10.5. The highest BCUT2D eigenvalue weighted by Crippen LogP contribution is 2.13. The van der Waals surface area contributed by atoms with Crippen LogP contribution in [0.25, 0.3) is 0 Å². The van der Waals surface area contributed by atoms with Gasteiger partial charge in [-0.15, -0.1) is 0 Å². The van der Waals surface area contributed by atoms with Crippen molar-refractivity contribution in [3.63, 3.8) is 0 Å². The zero-order valence-corrected chi connectivity index (χ0v) is 15.1. The van der Waals surface area contributed by atoms with Crippen molar-refractivity contribution in [1.82, 2.24) is 0 Å². The minimum atomic E-state index is -3.88. The maximum atomic E-state index is 10.5. The molecule has 0 radical (unpaired) electrons. The van der Waals surface area contributed by atoms with E-state index in [9.17, 15) is 13.5 Å². The molecule has 2 N–H and O–H groups in total. The van der Waals surface area contributed by atoms with Crippen LogP contribution in [-0.4, -0.2) is 29.9 Å². The molecule has 0 bridgehead atoms. The fourth-order valence-corrected chi connectivity index (χ4v) is 3.22. The molecule has 0 aromatic rings. The highest BCUT2D eigenvalue weighted by molar-refractivity contribution is 7.85. The van der Waals surface area contributed by atoms with Gasteiger partial charge in [0.05, 0.1) is 11.9 Å². The number of hydrogen-bond acceptors (Lipinski definition) is 3. The van der Waals surface area contributed by atoms with Gasteiger partial charge in [0.1, 0.15) is 0 Å². The van der Waals surface area contributed by atoms with E-state index in [0.717, 1.165) is 19.3 Å². The number of rotatable bonds is 16. The molecule has 0 saturated carbocycles. The molecule has 0 aromatic carbocycles. The van der Waals surface area contributed by atoms with Crippen LogP contribution < -0.4 is 0 Å². The highest BCUT2D eigenvalue weighted by atomic mass is 32.2. The van der Waals surface area contributed by atoms with E-state index in [0.29, 0.717) is 12.8 Å². The van der Waals surface area contributed by atoms with Gasteiger partial charge in [-0.05, 0) is 19.3 Å². The first-order valence-electron chi connectivity index (χ1n) is 9.09. The normalized spacial score (nSPS) is 13.4. The first-order valence-corrected chi connectivity index (χ1v) is 10.7. The van der Waals surface area contributed by atoms with Crippen molar-refractivity contribution in [3.8, 4) is 0 Å². The average Bonchev–Trinajstić information content (AvgIpc) is 2.43. The molecule has 1 unspecified atom stereocenters. The Kier molecular flexibility index (Phi) is 14.4. The summed E-state index contributed by atoms with van der Waals surface area (Å²) in [6, 6.07) is 0. The third-order valence-corrected chi connectivity index (χ3v) is 4.89. The van der Waals surface area contributed by atoms with Crippen LogP contribution in [0.1, 0.15) is 96.8 Å². The quantitative estimate of drug-likeness (QED) is 0.316. The minimum absolute atomic E-state index is 0.248. The Balaban J connectivity index is 3.22. The molecule has 134 valence electrons. The van der Waals surface area contributed by atoms with Gasteiger partial charge in [0, 0.05) is 0 Å². The van der Waals surface area contributed by atoms with Crippen molar-refractivity contribution in [1.29, 1.82) is 0 Å². The lowest BCUT2D eigenvalue weighted by Gasteiger charge is -2.09. The van der Waals surface area contributed by atoms with Crippen LogP contribution in [0.5, 0.6) is 0 Å². The third-order valence-electron chi connectivity index (χ3n) is 4.08. The molecule has 1 atom stereocenters. The van der Waals surface area contributed by atoms with Gasteiger partial charge < -0.3 is 5.11 Å². The summed E-state index contributed by atoms with van der Waals surface area (Å²) in [7, 11) is -3.88. The minimum Gasteiger partial charge on any atom is -0.393 e. The molecular formula is C17H36O4S. The fourth-order valence-electron chi connectivity index (χ4n) is 2.69. The summed E-state index contributed by atoms with van der Waals surface area (Å²) in [5, 5.41) is 9.71. The SMILES string of the molecule is CCCCCCCCCCCCCC(O)CCCS(=O)(=O)O. The van der Waals surface area contributed by atoms with Crippen molar-refractivity contribution < 1.29 is 18.1 Å². The van der Waals surface area contributed by atoms with Crippen molar-refractivity contribution >= 4 is 10.1 Å². The Labute approximate surface area is 137 Å². The van der Waals surface area contributed by atoms with E-state index in [1.165, 1.54) is 57.8 Å². The average molecular weight is 337 g/mol. The lowest BCUT2D eigenvalue weighted by atomic mass is 10.0. The Morgan fingerprint density at radius 3 is 1.59 bits per heavy atom. The van der Waals surface area contributed by atoms with E-state index in [-0.39, 0.29) is 5.75 Å². The van der Waals surface area contributed by atoms with E-state index in [2.05, 4.69) is 6.92 Å². The Bertz CT molecular complexity index is 328. The zero-order chi connectivity index (χ0) is 16.7. The summed E-state index contributed by atoms with van der Waals surface area (Å²) < 4.78 is 29.7. The van der Waals surface area contributed by atoms with Gasteiger partial charge in [0.15, 0.2) is 0 Å². The molecular weight excluding hydrogens is 300 g/mol. The van der Waals surface area contributed by atoms with Crippen LogP contribution in [0.2, 0.25) is 0 Å². The molecule has 4 nitrogen and oxygen atoms in total. The number of hydrogen-bond donors (Lipinski definition) is 2. The van der Waals surface area contributed by atoms with Crippen LogP contribution in [-0.2, 0) is 10.1 Å². The second-order valence-corrected chi connectivity index (χ2v) is 7.98. The standard InChI is InChI=1S/C17H36O4S/c1-2-3-4-5-6-7-8-9-10-11-12-14-17(18)15-13-16-22(19,20)21/h17-18H,2-16H2,1H3,(H,19,20,21). The van der Waals surface area contributed by atoms with E-state index in [1.54, 1.807) is 0 Å². The molecule has 5 heteroatoms. The van der Waals surface area contributed by atoms with Crippen LogP contribution in [0.15, 0.2) is 0 Å². The van der Waals surface area contributed by atoms with Gasteiger partial charge in [0.2, 0.25) is 0 Å². The fraction of sp³-hybridized carbons (Fsp3) is 1.00. The van der Waals surface area contributed by atoms with Crippen molar-refractivity contribution in [3.05, 3.63) is 0 Å². The van der Waals surface area contributed by atoms with Gasteiger partial charge in [-0.3, -0.25) is 4.55 Å². The van der Waals surface area contributed by atoms with Gasteiger partial charge in [0.25, 0.3) is 10.1 Å². The van der Waals surface area contributed by atoms with Gasteiger partial charge in [-0.1, -0.05) is 77.6 Å². The van der Waals surface area contributed by atoms with Crippen LogP contribution in [0.3, 0.4) is 0 Å². The first-order chi connectivity index (χ1) is 10.5. The maximum Gasteiger partial charge on any atom is 0.264 e. The summed E-state index contributed by atoms with van der Waals surface area (Å²) in [6.07, 6.45) is 15.2. The third kappa shape index (κ3) is 17.9. The Morgan fingerprint density at radius 1 is 0.727 bits per heavy atom. The van der Waals surface area contributed by atoms with Crippen molar-refractivity contribution in [2.75, 3.05) is 5.75 Å². The van der Waals surface area contributed by atoms with Crippen molar-refractivity contribution in [2.24, 2.45) is 0 Å². The molecule has 0 aliphatic carbocycles. The molecule has 0 fully saturated rings. The molecule has 0 heterocycles. The lowest BCUT2D eigenvalue weighted by molar-refractivity contribution is 0.150. The van der Waals surface area contributed by atoms with E-state index in [1.807, 2.05) is 0 Å². The second-order valence-electron chi connectivity index (χ2n) is 6.41. The second kappa shape index (κ2) is 14.5.